The number of nitrogens with zero attached hydrogens (tertiary/aromatic N) is 3. The molecule has 2 rings (SSSR count). The first-order valence-electron chi connectivity index (χ1n) is 9.20. The molecule has 0 radical (unpaired) electrons. The van der Waals surface area contributed by atoms with Crippen LogP contribution < -0.4 is 5.32 Å². The van der Waals surface area contributed by atoms with Gasteiger partial charge in [0, 0.05) is 7.05 Å². The third-order valence-electron chi connectivity index (χ3n) is 4.78. The van der Waals surface area contributed by atoms with Crippen molar-refractivity contribution in [2.45, 2.75) is 64.8 Å². The van der Waals surface area contributed by atoms with Crippen molar-refractivity contribution in [3.63, 3.8) is 0 Å². The normalized spacial score (nSPS) is 13.8. The van der Waals surface area contributed by atoms with Gasteiger partial charge in [0.2, 0.25) is 5.91 Å². The van der Waals surface area contributed by atoms with Gasteiger partial charge < -0.3 is 5.32 Å². The summed E-state index contributed by atoms with van der Waals surface area (Å²) < 4.78 is 1.95. The van der Waals surface area contributed by atoms with Gasteiger partial charge in [0.1, 0.15) is 5.52 Å². The lowest BCUT2D eigenvalue weighted by Gasteiger charge is -2.23. The molecule has 1 N–H and O–H groups in total. The fraction of sp³-hybridized carbons (Fsp3) is 0.632. The van der Waals surface area contributed by atoms with Gasteiger partial charge in [0.25, 0.3) is 0 Å². The van der Waals surface area contributed by atoms with Gasteiger partial charge in [-0.15, -0.1) is 5.10 Å². The van der Waals surface area contributed by atoms with E-state index in [1.165, 1.54) is 32.1 Å². The molecule has 1 aromatic heterocycles. The van der Waals surface area contributed by atoms with Crippen LogP contribution in [0.15, 0.2) is 24.3 Å². The summed E-state index contributed by atoms with van der Waals surface area (Å²) in [5.74, 6) is -0.0682. The number of nitrogens with one attached hydrogen (secondary N) is 1. The number of hydrogen-bond acceptors (Lipinski definition) is 3. The third kappa shape index (κ3) is 4.56. The highest BCUT2D eigenvalue weighted by Gasteiger charge is 2.26. The highest BCUT2D eigenvalue weighted by atomic mass is 16.1. The molecule has 1 amide bonds. The van der Waals surface area contributed by atoms with Crippen LogP contribution in [0.3, 0.4) is 0 Å². The molecule has 0 aliphatic rings. The van der Waals surface area contributed by atoms with Crippen molar-refractivity contribution < 1.29 is 4.79 Å². The first-order valence-corrected chi connectivity index (χ1v) is 9.20. The van der Waals surface area contributed by atoms with Crippen LogP contribution in [0.1, 0.15) is 64.8 Å². The van der Waals surface area contributed by atoms with Crippen molar-refractivity contribution in [3.8, 4) is 0 Å². The molecule has 0 saturated carbocycles. The Labute approximate surface area is 144 Å². The number of rotatable bonds is 10. The van der Waals surface area contributed by atoms with Gasteiger partial charge in [-0.05, 0) is 18.6 Å². The van der Waals surface area contributed by atoms with Crippen molar-refractivity contribution in [2.75, 3.05) is 7.05 Å². The predicted molar refractivity (Wildman–Crippen MR) is 97.8 cm³/mol. The Hall–Kier alpha value is -1.91. The van der Waals surface area contributed by atoms with Crippen LogP contribution in [0, 0.1) is 5.92 Å². The summed E-state index contributed by atoms with van der Waals surface area (Å²) in [5.41, 5.74) is 1.89. The molecule has 2 aromatic rings. The molecule has 1 heterocycles. The van der Waals surface area contributed by atoms with Gasteiger partial charge in [-0.25, -0.2) is 4.68 Å². The maximum absolute atomic E-state index is 12.2. The topological polar surface area (TPSA) is 59.8 Å². The van der Waals surface area contributed by atoms with Gasteiger partial charge in [-0.3, -0.25) is 4.79 Å². The molecule has 24 heavy (non-hydrogen) atoms. The van der Waals surface area contributed by atoms with E-state index < -0.39 is 0 Å². The first kappa shape index (κ1) is 18.4. The molecular formula is C19H30N4O. The Morgan fingerprint density at radius 1 is 1.17 bits per heavy atom. The van der Waals surface area contributed by atoms with E-state index in [0.717, 1.165) is 23.9 Å². The summed E-state index contributed by atoms with van der Waals surface area (Å²) in [5, 5.41) is 11.4. The van der Waals surface area contributed by atoms with Gasteiger partial charge in [0.15, 0.2) is 0 Å². The molecule has 0 fully saturated rings. The molecule has 0 bridgehead atoms. The summed E-state index contributed by atoms with van der Waals surface area (Å²) in [7, 11) is 1.69. The maximum atomic E-state index is 12.2. The summed E-state index contributed by atoms with van der Waals surface area (Å²) in [6.45, 7) is 4.22. The van der Waals surface area contributed by atoms with Crippen LogP contribution in [0.4, 0.5) is 0 Å². The number of hydrogen-bond donors (Lipinski definition) is 1. The highest BCUT2D eigenvalue weighted by Crippen LogP contribution is 2.27. The average Bonchev–Trinajstić information content (AvgIpc) is 3.04. The molecule has 0 spiro atoms. The Balaban J connectivity index is 2.09. The Morgan fingerprint density at radius 3 is 2.62 bits per heavy atom. The lowest BCUT2D eigenvalue weighted by molar-refractivity contribution is -0.125. The third-order valence-corrected chi connectivity index (χ3v) is 4.78. The molecule has 5 nitrogen and oxygen atoms in total. The van der Waals surface area contributed by atoms with E-state index in [9.17, 15) is 4.79 Å². The zero-order chi connectivity index (χ0) is 17.4. The molecule has 0 aliphatic heterocycles. The maximum Gasteiger partial charge on any atom is 0.224 e. The second-order valence-electron chi connectivity index (χ2n) is 6.55. The standard InChI is InChI=1S/C19H30N4O/c1-4-5-6-7-8-9-13-17(15(2)19(24)20-3)23-18-14-11-10-12-16(18)21-22-23/h10-12,14-15,17H,4-9,13H2,1-3H3,(H,20,24). The lowest BCUT2D eigenvalue weighted by atomic mass is 9.94. The molecule has 132 valence electrons. The molecule has 2 unspecified atom stereocenters. The largest absolute Gasteiger partial charge is 0.359 e. The minimum Gasteiger partial charge on any atom is -0.359 e. The van der Waals surface area contributed by atoms with Crippen molar-refractivity contribution in [1.82, 2.24) is 20.3 Å². The Bertz CT molecular complexity index is 637. The van der Waals surface area contributed by atoms with Crippen LogP contribution in [-0.4, -0.2) is 27.9 Å². The zero-order valence-corrected chi connectivity index (χ0v) is 15.2. The summed E-state index contributed by atoms with van der Waals surface area (Å²) in [6, 6.07) is 8.00. The monoisotopic (exact) mass is 330 g/mol. The van der Waals surface area contributed by atoms with Gasteiger partial charge in [0.05, 0.1) is 17.5 Å². The number of carbonyl (C=O) groups excluding carboxylic acids is 1. The molecule has 0 aliphatic carbocycles. The van der Waals surface area contributed by atoms with E-state index >= 15 is 0 Å². The smallest absolute Gasteiger partial charge is 0.224 e. The van der Waals surface area contributed by atoms with Crippen molar-refractivity contribution in [2.24, 2.45) is 5.92 Å². The lowest BCUT2D eigenvalue weighted by Crippen LogP contribution is -2.32. The van der Waals surface area contributed by atoms with E-state index in [1.807, 2.05) is 35.9 Å². The van der Waals surface area contributed by atoms with Gasteiger partial charge in [-0.2, -0.15) is 0 Å². The minimum absolute atomic E-state index is 0.0449. The number of carbonyl (C=O) groups is 1. The van der Waals surface area contributed by atoms with Crippen LogP contribution >= 0.6 is 0 Å². The summed E-state index contributed by atoms with van der Waals surface area (Å²) >= 11 is 0. The fourth-order valence-corrected chi connectivity index (χ4v) is 3.25. The van der Waals surface area contributed by atoms with E-state index in [2.05, 4.69) is 22.6 Å². The fourth-order valence-electron chi connectivity index (χ4n) is 3.25. The van der Waals surface area contributed by atoms with Crippen LogP contribution in [0.25, 0.3) is 11.0 Å². The van der Waals surface area contributed by atoms with Crippen molar-refractivity contribution in [1.29, 1.82) is 0 Å². The summed E-state index contributed by atoms with van der Waals surface area (Å²) in [6.07, 6.45) is 8.43. The van der Waals surface area contributed by atoms with Crippen molar-refractivity contribution >= 4 is 16.9 Å². The quantitative estimate of drug-likeness (QED) is 0.667. The zero-order valence-electron chi connectivity index (χ0n) is 15.2. The highest BCUT2D eigenvalue weighted by molar-refractivity contribution is 5.79. The number of amides is 1. The second kappa shape index (κ2) is 9.40. The van der Waals surface area contributed by atoms with Gasteiger partial charge >= 0.3 is 0 Å². The van der Waals surface area contributed by atoms with Crippen LogP contribution in [0.5, 0.6) is 0 Å². The molecule has 5 heteroatoms. The molecule has 1 aromatic carbocycles. The van der Waals surface area contributed by atoms with E-state index in [0.29, 0.717) is 0 Å². The average molecular weight is 330 g/mol. The summed E-state index contributed by atoms with van der Waals surface area (Å²) in [4.78, 5) is 12.2. The van der Waals surface area contributed by atoms with Crippen LogP contribution in [-0.2, 0) is 4.79 Å². The SMILES string of the molecule is CCCCCCCCC(C(C)C(=O)NC)n1nnc2ccccc21. The molecular weight excluding hydrogens is 300 g/mol. The number of aromatic nitrogens is 3. The van der Waals surface area contributed by atoms with E-state index in [-0.39, 0.29) is 17.9 Å². The van der Waals surface area contributed by atoms with Gasteiger partial charge in [-0.1, -0.05) is 69.7 Å². The molecule has 0 saturated heterocycles. The first-order chi connectivity index (χ1) is 11.7. The number of para-hydroxylation sites is 1. The Kier molecular flexibility index (Phi) is 7.22. The minimum atomic E-state index is -0.129. The number of benzene rings is 1. The second-order valence-corrected chi connectivity index (χ2v) is 6.55. The number of unbranched alkanes of at least 4 members (excludes halogenated alkanes) is 5. The van der Waals surface area contributed by atoms with Crippen molar-refractivity contribution in [3.05, 3.63) is 24.3 Å². The number of fused-ring (bicyclic) bond motifs is 1. The van der Waals surface area contributed by atoms with E-state index in [4.69, 9.17) is 0 Å². The van der Waals surface area contributed by atoms with E-state index in [1.54, 1.807) is 7.05 Å². The molecule has 2 atom stereocenters. The van der Waals surface area contributed by atoms with Crippen LogP contribution in [0.2, 0.25) is 0 Å². The predicted octanol–water partition coefficient (Wildman–Crippen LogP) is 4.11. The Morgan fingerprint density at radius 2 is 1.88 bits per heavy atom.